The van der Waals surface area contributed by atoms with Gasteiger partial charge in [0, 0.05) is 12.7 Å². The molecule has 2 N–H and O–H groups in total. The maximum atomic E-state index is 11.5. The lowest BCUT2D eigenvalue weighted by atomic mass is 10.4. The van der Waals surface area contributed by atoms with Gasteiger partial charge < -0.3 is 10.3 Å². The molecule has 0 aromatic carbocycles. The fourth-order valence-corrected chi connectivity index (χ4v) is 1.42. The Morgan fingerprint density at radius 3 is 2.94 bits per heavy atom. The smallest absolute Gasteiger partial charge is 0.328 e. The summed E-state index contributed by atoms with van der Waals surface area (Å²) < 4.78 is 0.938. The van der Waals surface area contributed by atoms with E-state index < -0.39 is 17.2 Å². The van der Waals surface area contributed by atoms with Gasteiger partial charge in [0.2, 0.25) is 5.91 Å². The average Bonchev–Trinajstić information content (AvgIpc) is 2.30. The Labute approximate surface area is 104 Å². The molecule has 0 saturated heterocycles. The van der Waals surface area contributed by atoms with Crippen LogP contribution in [0.25, 0.3) is 0 Å². The highest BCUT2D eigenvalue weighted by molar-refractivity contribution is 9.10. The summed E-state index contributed by atoms with van der Waals surface area (Å²) in [5, 5.41) is 10.7. The standard InChI is InChI=1S/C9H9BrN4O3/c10-6-4-13-9(17)14(8(6)16)5-7(15)12-3-1-2-11/h4H,1,3,5H2,(H,12,15)(H,13,17). The Hall–Kier alpha value is -1.88. The van der Waals surface area contributed by atoms with Crippen molar-refractivity contribution in [3.05, 3.63) is 31.5 Å². The second kappa shape index (κ2) is 6.00. The number of nitriles is 1. The number of hydrogen-bond acceptors (Lipinski definition) is 4. The molecule has 1 amide bonds. The Morgan fingerprint density at radius 1 is 1.59 bits per heavy atom. The first kappa shape index (κ1) is 13.2. The number of H-pyrrole nitrogens is 1. The molecule has 1 aromatic rings. The fourth-order valence-electron chi connectivity index (χ4n) is 1.09. The van der Waals surface area contributed by atoms with E-state index in [9.17, 15) is 14.4 Å². The zero-order valence-electron chi connectivity index (χ0n) is 8.70. The van der Waals surface area contributed by atoms with Gasteiger partial charge in [-0.3, -0.25) is 9.59 Å². The molecule has 0 bridgehead atoms. The highest BCUT2D eigenvalue weighted by Gasteiger charge is 2.09. The molecule has 0 radical (unpaired) electrons. The molecule has 0 spiro atoms. The van der Waals surface area contributed by atoms with Crippen LogP contribution in [-0.4, -0.2) is 22.0 Å². The number of rotatable bonds is 4. The molecule has 0 atom stereocenters. The van der Waals surface area contributed by atoms with Crippen LogP contribution in [0, 0.1) is 11.3 Å². The predicted molar refractivity (Wildman–Crippen MR) is 62.3 cm³/mol. The minimum absolute atomic E-state index is 0.168. The molecule has 1 heterocycles. The Morgan fingerprint density at radius 2 is 2.29 bits per heavy atom. The Bertz CT molecular complexity index is 569. The molecular formula is C9H9BrN4O3. The Kier molecular flexibility index (Phi) is 4.66. The summed E-state index contributed by atoms with van der Waals surface area (Å²) >= 11 is 2.96. The lowest BCUT2D eigenvalue weighted by molar-refractivity contribution is -0.121. The van der Waals surface area contributed by atoms with Crippen LogP contribution < -0.4 is 16.6 Å². The number of nitrogens with one attached hydrogen (secondary N) is 2. The summed E-state index contributed by atoms with van der Waals surface area (Å²) in [6.07, 6.45) is 1.39. The second-order valence-electron chi connectivity index (χ2n) is 3.09. The van der Waals surface area contributed by atoms with Gasteiger partial charge in [0.15, 0.2) is 0 Å². The van der Waals surface area contributed by atoms with E-state index in [1.807, 2.05) is 6.07 Å². The van der Waals surface area contributed by atoms with Crippen LogP contribution in [0.3, 0.4) is 0 Å². The first-order chi connectivity index (χ1) is 8.06. The van der Waals surface area contributed by atoms with Crippen molar-refractivity contribution < 1.29 is 4.79 Å². The molecule has 0 aliphatic carbocycles. The van der Waals surface area contributed by atoms with Crippen molar-refractivity contribution in [3.63, 3.8) is 0 Å². The molecule has 0 unspecified atom stereocenters. The van der Waals surface area contributed by atoms with E-state index in [0.29, 0.717) is 0 Å². The van der Waals surface area contributed by atoms with Gasteiger partial charge in [-0.05, 0) is 15.9 Å². The summed E-state index contributed by atoms with van der Waals surface area (Å²) in [7, 11) is 0. The van der Waals surface area contributed by atoms with Crippen molar-refractivity contribution in [1.82, 2.24) is 14.9 Å². The van der Waals surface area contributed by atoms with Crippen LogP contribution in [0.4, 0.5) is 0 Å². The first-order valence-electron chi connectivity index (χ1n) is 4.68. The normalized spacial score (nSPS) is 9.65. The van der Waals surface area contributed by atoms with Crippen molar-refractivity contribution in [1.29, 1.82) is 5.26 Å². The van der Waals surface area contributed by atoms with Gasteiger partial charge in [0.25, 0.3) is 5.56 Å². The zero-order chi connectivity index (χ0) is 12.8. The molecule has 0 aliphatic rings. The fraction of sp³-hybridized carbons (Fsp3) is 0.333. The zero-order valence-corrected chi connectivity index (χ0v) is 10.3. The number of hydrogen-bond donors (Lipinski definition) is 2. The average molecular weight is 301 g/mol. The highest BCUT2D eigenvalue weighted by Crippen LogP contribution is 1.95. The van der Waals surface area contributed by atoms with E-state index in [4.69, 9.17) is 5.26 Å². The number of carbonyl (C=O) groups excluding carboxylic acids is 1. The van der Waals surface area contributed by atoms with Gasteiger partial charge in [-0.25, -0.2) is 9.36 Å². The molecular weight excluding hydrogens is 292 g/mol. The number of aromatic amines is 1. The molecule has 90 valence electrons. The van der Waals surface area contributed by atoms with E-state index >= 15 is 0 Å². The summed E-state index contributed by atoms with van der Waals surface area (Å²) in [4.78, 5) is 36.5. The topological polar surface area (TPSA) is 108 Å². The monoisotopic (exact) mass is 300 g/mol. The van der Waals surface area contributed by atoms with E-state index in [0.717, 1.165) is 4.57 Å². The van der Waals surface area contributed by atoms with Crippen LogP contribution in [0.15, 0.2) is 20.3 Å². The summed E-state index contributed by atoms with van der Waals surface area (Å²) in [6, 6.07) is 1.86. The second-order valence-corrected chi connectivity index (χ2v) is 3.95. The van der Waals surface area contributed by atoms with Gasteiger partial charge in [0.05, 0.1) is 17.0 Å². The summed E-state index contributed by atoms with van der Waals surface area (Å²) in [5.41, 5.74) is -1.24. The maximum absolute atomic E-state index is 11.5. The van der Waals surface area contributed by atoms with Crippen molar-refractivity contribution in [2.24, 2.45) is 0 Å². The number of halogens is 1. The number of amides is 1. The van der Waals surface area contributed by atoms with Crippen LogP contribution in [0.1, 0.15) is 6.42 Å². The van der Waals surface area contributed by atoms with Crippen molar-refractivity contribution in [2.75, 3.05) is 6.54 Å². The van der Waals surface area contributed by atoms with Gasteiger partial charge in [-0.15, -0.1) is 0 Å². The minimum atomic E-state index is -0.659. The molecule has 8 heteroatoms. The van der Waals surface area contributed by atoms with Gasteiger partial charge in [-0.1, -0.05) is 0 Å². The lowest BCUT2D eigenvalue weighted by Gasteiger charge is -2.05. The van der Waals surface area contributed by atoms with E-state index in [-0.39, 0.29) is 24.0 Å². The number of aromatic nitrogens is 2. The highest BCUT2D eigenvalue weighted by atomic mass is 79.9. The summed E-state index contributed by atoms with van der Waals surface area (Å²) in [5.74, 6) is -0.494. The number of nitrogens with zero attached hydrogens (tertiary/aromatic N) is 2. The van der Waals surface area contributed by atoms with Crippen LogP contribution in [0.5, 0.6) is 0 Å². The van der Waals surface area contributed by atoms with Crippen molar-refractivity contribution >= 4 is 21.8 Å². The molecule has 0 fully saturated rings. The predicted octanol–water partition coefficient (Wildman–Crippen LogP) is -0.671. The molecule has 17 heavy (non-hydrogen) atoms. The van der Waals surface area contributed by atoms with Crippen molar-refractivity contribution in [2.45, 2.75) is 13.0 Å². The molecule has 1 rings (SSSR count). The summed E-state index contributed by atoms with van der Waals surface area (Å²) in [6.45, 7) is -0.185. The number of carbonyl (C=O) groups is 1. The molecule has 0 aliphatic heterocycles. The quantitative estimate of drug-likeness (QED) is 0.719. The third-order valence-corrected chi connectivity index (χ3v) is 2.45. The SMILES string of the molecule is N#CCCNC(=O)Cn1c(=O)[nH]cc(Br)c1=O. The largest absolute Gasteiger partial charge is 0.354 e. The molecule has 0 saturated carbocycles. The van der Waals surface area contributed by atoms with E-state index in [1.165, 1.54) is 6.20 Å². The van der Waals surface area contributed by atoms with Crippen LogP contribution in [0.2, 0.25) is 0 Å². The molecule has 1 aromatic heterocycles. The van der Waals surface area contributed by atoms with E-state index in [1.54, 1.807) is 0 Å². The van der Waals surface area contributed by atoms with Gasteiger partial charge in [0.1, 0.15) is 6.54 Å². The lowest BCUT2D eigenvalue weighted by Crippen LogP contribution is -2.40. The maximum Gasteiger partial charge on any atom is 0.328 e. The van der Waals surface area contributed by atoms with Crippen molar-refractivity contribution in [3.8, 4) is 6.07 Å². The van der Waals surface area contributed by atoms with Gasteiger partial charge in [-0.2, -0.15) is 5.26 Å². The third-order valence-electron chi connectivity index (χ3n) is 1.88. The Balaban J connectivity index is 2.79. The van der Waals surface area contributed by atoms with E-state index in [2.05, 4.69) is 26.2 Å². The third kappa shape index (κ3) is 3.57. The van der Waals surface area contributed by atoms with Gasteiger partial charge >= 0.3 is 5.69 Å². The molecule has 7 nitrogen and oxygen atoms in total. The minimum Gasteiger partial charge on any atom is -0.354 e. The first-order valence-corrected chi connectivity index (χ1v) is 5.47. The van der Waals surface area contributed by atoms with Crippen LogP contribution >= 0.6 is 15.9 Å². The van der Waals surface area contributed by atoms with Crippen LogP contribution in [-0.2, 0) is 11.3 Å².